The van der Waals surface area contributed by atoms with Gasteiger partial charge in [-0.1, -0.05) is 30.3 Å². The fourth-order valence-corrected chi connectivity index (χ4v) is 2.28. The number of carbonyl (C=O) groups is 1. The molecule has 136 valence electrons. The highest BCUT2D eigenvalue weighted by atomic mass is 16.6. The number of benzene rings is 1. The number of nitrogens with zero attached hydrogens (tertiary/aromatic N) is 2. The van der Waals surface area contributed by atoms with E-state index < -0.39 is 11.7 Å². The second kappa shape index (κ2) is 8.05. The van der Waals surface area contributed by atoms with Crippen molar-refractivity contribution in [3.8, 4) is 5.88 Å². The monoisotopic (exact) mass is 345 g/mol. The van der Waals surface area contributed by atoms with Crippen LogP contribution < -0.4 is 10.1 Å². The van der Waals surface area contributed by atoms with E-state index >= 15 is 0 Å². The van der Waals surface area contributed by atoms with Crippen molar-refractivity contribution in [1.82, 2.24) is 15.1 Å². The lowest BCUT2D eigenvalue weighted by Gasteiger charge is -2.22. The molecule has 6 nitrogen and oxygen atoms in total. The van der Waals surface area contributed by atoms with Gasteiger partial charge in [-0.2, -0.15) is 0 Å². The SMILES string of the molecule is Cc1cc(OCc2ccccc2)nn1C[C@@H](C)NC(=O)OC(C)(C)C. The molecule has 0 bridgehead atoms. The molecule has 1 aromatic carbocycles. The van der Waals surface area contributed by atoms with Crippen molar-refractivity contribution in [1.29, 1.82) is 0 Å². The molecule has 0 saturated heterocycles. The van der Waals surface area contributed by atoms with Gasteiger partial charge in [0, 0.05) is 17.8 Å². The Morgan fingerprint density at radius 1 is 1.28 bits per heavy atom. The van der Waals surface area contributed by atoms with Gasteiger partial charge in [0.15, 0.2) is 0 Å². The van der Waals surface area contributed by atoms with E-state index in [0.29, 0.717) is 19.0 Å². The third-order valence-corrected chi connectivity index (χ3v) is 3.40. The van der Waals surface area contributed by atoms with Crippen LogP contribution in [0.4, 0.5) is 4.79 Å². The molecule has 1 N–H and O–H groups in total. The molecule has 2 rings (SSSR count). The first kappa shape index (κ1) is 18.8. The predicted octanol–water partition coefficient (Wildman–Crippen LogP) is 3.68. The van der Waals surface area contributed by atoms with Gasteiger partial charge < -0.3 is 14.8 Å². The Bertz CT molecular complexity index is 690. The van der Waals surface area contributed by atoms with E-state index in [1.54, 1.807) is 0 Å². The lowest BCUT2D eigenvalue weighted by molar-refractivity contribution is 0.0503. The van der Waals surface area contributed by atoms with E-state index in [0.717, 1.165) is 11.3 Å². The molecular weight excluding hydrogens is 318 g/mol. The largest absolute Gasteiger partial charge is 0.472 e. The molecule has 0 fully saturated rings. The van der Waals surface area contributed by atoms with Crippen molar-refractivity contribution in [3.63, 3.8) is 0 Å². The molecule has 0 unspecified atom stereocenters. The summed E-state index contributed by atoms with van der Waals surface area (Å²) < 4.78 is 12.8. The summed E-state index contributed by atoms with van der Waals surface area (Å²) in [6, 6.07) is 11.7. The Hall–Kier alpha value is -2.50. The lowest BCUT2D eigenvalue weighted by Crippen LogP contribution is -2.39. The zero-order valence-electron chi connectivity index (χ0n) is 15.6. The first-order chi connectivity index (χ1) is 11.7. The van der Waals surface area contributed by atoms with Crippen LogP contribution in [0.2, 0.25) is 0 Å². The molecule has 0 aliphatic rings. The Kier molecular flexibility index (Phi) is 6.07. The van der Waals surface area contributed by atoms with Gasteiger partial charge in [-0.3, -0.25) is 4.68 Å². The fourth-order valence-electron chi connectivity index (χ4n) is 2.28. The van der Waals surface area contributed by atoms with Crippen molar-refractivity contribution in [2.45, 2.75) is 59.4 Å². The van der Waals surface area contributed by atoms with E-state index in [4.69, 9.17) is 9.47 Å². The zero-order chi connectivity index (χ0) is 18.4. The molecule has 1 amide bonds. The number of rotatable bonds is 6. The average Bonchev–Trinajstić information content (AvgIpc) is 2.84. The number of ether oxygens (including phenoxy) is 2. The topological polar surface area (TPSA) is 65.4 Å². The summed E-state index contributed by atoms with van der Waals surface area (Å²) in [5, 5.41) is 7.27. The highest BCUT2D eigenvalue weighted by Crippen LogP contribution is 2.14. The maximum absolute atomic E-state index is 11.8. The Labute approximate surface area is 149 Å². The smallest absolute Gasteiger partial charge is 0.407 e. The van der Waals surface area contributed by atoms with Gasteiger partial charge in [0.1, 0.15) is 12.2 Å². The van der Waals surface area contributed by atoms with Gasteiger partial charge in [0.2, 0.25) is 5.88 Å². The van der Waals surface area contributed by atoms with Crippen LogP contribution in [0.3, 0.4) is 0 Å². The standard InChI is InChI=1S/C19H27N3O3/c1-14(20-18(23)25-19(3,4)5)12-22-15(2)11-17(21-22)24-13-16-9-7-6-8-10-16/h6-11,14H,12-13H2,1-5H3,(H,20,23)/t14-/m1/s1. The molecular formula is C19H27N3O3. The number of nitrogens with one attached hydrogen (secondary N) is 1. The highest BCUT2D eigenvalue weighted by Gasteiger charge is 2.18. The van der Waals surface area contributed by atoms with Gasteiger partial charge in [-0.25, -0.2) is 4.79 Å². The third kappa shape index (κ3) is 6.49. The highest BCUT2D eigenvalue weighted by molar-refractivity contribution is 5.67. The van der Waals surface area contributed by atoms with Gasteiger partial charge in [-0.15, -0.1) is 5.10 Å². The Morgan fingerprint density at radius 3 is 2.60 bits per heavy atom. The van der Waals surface area contributed by atoms with Crippen LogP contribution in [0.5, 0.6) is 5.88 Å². The number of aryl methyl sites for hydroxylation is 1. The van der Waals surface area contributed by atoms with Gasteiger partial charge in [-0.05, 0) is 40.2 Å². The molecule has 0 aliphatic heterocycles. The summed E-state index contributed by atoms with van der Waals surface area (Å²) in [5.41, 5.74) is 1.56. The van der Waals surface area contributed by atoms with E-state index in [2.05, 4.69) is 10.4 Å². The van der Waals surface area contributed by atoms with Crippen molar-refractivity contribution in [3.05, 3.63) is 47.7 Å². The van der Waals surface area contributed by atoms with Crippen molar-refractivity contribution < 1.29 is 14.3 Å². The predicted molar refractivity (Wildman–Crippen MR) is 96.6 cm³/mol. The molecule has 6 heteroatoms. The number of hydrogen-bond acceptors (Lipinski definition) is 4. The molecule has 0 spiro atoms. The average molecular weight is 345 g/mol. The quantitative estimate of drug-likeness (QED) is 0.867. The van der Waals surface area contributed by atoms with Crippen LogP contribution in [0, 0.1) is 6.92 Å². The number of alkyl carbamates (subject to hydrolysis) is 1. The summed E-state index contributed by atoms with van der Waals surface area (Å²) in [6.07, 6.45) is -0.426. The minimum Gasteiger partial charge on any atom is -0.472 e. The van der Waals surface area contributed by atoms with Gasteiger partial charge >= 0.3 is 6.09 Å². The number of aromatic nitrogens is 2. The Balaban J connectivity index is 1.88. The lowest BCUT2D eigenvalue weighted by atomic mass is 10.2. The molecule has 0 aliphatic carbocycles. The maximum Gasteiger partial charge on any atom is 0.407 e. The summed E-state index contributed by atoms with van der Waals surface area (Å²) in [5.74, 6) is 0.575. The first-order valence-electron chi connectivity index (χ1n) is 8.43. The van der Waals surface area contributed by atoms with E-state index in [9.17, 15) is 4.79 Å². The van der Waals surface area contributed by atoms with Crippen LogP contribution >= 0.6 is 0 Å². The first-order valence-corrected chi connectivity index (χ1v) is 8.43. The summed E-state index contributed by atoms with van der Waals surface area (Å²) in [6.45, 7) is 10.4. The second-order valence-corrected chi connectivity index (χ2v) is 7.13. The molecule has 1 aromatic heterocycles. The Morgan fingerprint density at radius 2 is 1.96 bits per heavy atom. The molecule has 25 heavy (non-hydrogen) atoms. The van der Waals surface area contributed by atoms with Crippen LogP contribution in [-0.4, -0.2) is 27.5 Å². The molecule has 0 radical (unpaired) electrons. The minimum absolute atomic E-state index is 0.115. The number of hydrogen-bond donors (Lipinski definition) is 1. The summed E-state index contributed by atoms with van der Waals surface area (Å²) in [4.78, 5) is 11.8. The summed E-state index contributed by atoms with van der Waals surface area (Å²) in [7, 11) is 0. The van der Waals surface area contributed by atoms with Crippen molar-refractivity contribution in [2.24, 2.45) is 0 Å². The van der Waals surface area contributed by atoms with Gasteiger partial charge in [0.25, 0.3) is 0 Å². The van der Waals surface area contributed by atoms with Gasteiger partial charge in [0.05, 0.1) is 6.54 Å². The van der Waals surface area contributed by atoms with E-state index in [-0.39, 0.29) is 6.04 Å². The van der Waals surface area contributed by atoms with Crippen molar-refractivity contribution >= 4 is 6.09 Å². The number of amides is 1. The maximum atomic E-state index is 11.8. The normalized spacial score (nSPS) is 12.5. The van der Waals surface area contributed by atoms with Crippen molar-refractivity contribution in [2.75, 3.05) is 0 Å². The molecule has 1 heterocycles. The molecule has 1 atom stereocenters. The van der Waals surface area contributed by atoms with E-state index in [1.165, 1.54) is 0 Å². The third-order valence-electron chi connectivity index (χ3n) is 3.40. The minimum atomic E-state index is -0.510. The summed E-state index contributed by atoms with van der Waals surface area (Å²) >= 11 is 0. The van der Waals surface area contributed by atoms with Crippen LogP contribution in [-0.2, 0) is 17.9 Å². The van der Waals surface area contributed by atoms with E-state index in [1.807, 2.05) is 75.7 Å². The van der Waals surface area contributed by atoms with Crippen LogP contribution in [0.1, 0.15) is 39.0 Å². The number of carbonyl (C=O) groups excluding carboxylic acids is 1. The second-order valence-electron chi connectivity index (χ2n) is 7.13. The molecule has 0 saturated carbocycles. The van der Waals surface area contributed by atoms with Crippen LogP contribution in [0.15, 0.2) is 36.4 Å². The van der Waals surface area contributed by atoms with Crippen LogP contribution in [0.25, 0.3) is 0 Å². The molecule has 2 aromatic rings. The fraction of sp³-hybridized carbons (Fsp3) is 0.474. The zero-order valence-corrected chi connectivity index (χ0v) is 15.6.